The summed E-state index contributed by atoms with van der Waals surface area (Å²) >= 11 is 13.8. The van der Waals surface area contributed by atoms with Gasteiger partial charge in [0.2, 0.25) is 5.95 Å². The van der Waals surface area contributed by atoms with E-state index in [4.69, 9.17) is 27.9 Å². The average molecular weight is 485 g/mol. The molecule has 0 aliphatic carbocycles. The van der Waals surface area contributed by atoms with E-state index < -0.39 is 23.0 Å². The number of thiophene rings is 1. The molecule has 0 bridgehead atoms. The Morgan fingerprint density at radius 3 is 2.65 bits per heavy atom. The Morgan fingerprint density at radius 2 is 2.03 bits per heavy atom. The van der Waals surface area contributed by atoms with Gasteiger partial charge in [-0.2, -0.15) is 9.37 Å². The summed E-state index contributed by atoms with van der Waals surface area (Å²) in [6, 6.07) is 7.03. The van der Waals surface area contributed by atoms with Crippen molar-refractivity contribution in [1.29, 1.82) is 0 Å². The second-order valence-electron chi connectivity index (χ2n) is 7.00. The lowest BCUT2D eigenvalue weighted by Crippen LogP contribution is -2.32. The Kier molecular flexibility index (Phi) is 7.25. The summed E-state index contributed by atoms with van der Waals surface area (Å²) < 4.78 is 20.1. The van der Waals surface area contributed by atoms with Crippen molar-refractivity contribution in [2.45, 2.75) is 32.2 Å². The summed E-state index contributed by atoms with van der Waals surface area (Å²) in [4.78, 5) is 16.2. The summed E-state index contributed by atoms with van der Waals surface area (Å²) in [6.45, 7) is 3.79. The number of phenols is 1. The molecule has 0 aliphatic heterocycles. The number of ether oxygens (including phenoxy) is 1. The van der Waals surface area contributed by atoms with Crippen molar-refractivity contribution in [2.24, 2.45) is 0 Å². The number of anilines is 1. The van der Waals surface area contributed by atoms with Crippen molar-refractivity contribution in [3.8, 4) is 17.2 Å². The van der Waals surface area contributed by atoms with E-state index in [0.717, 1.165) is 4.88 Å². The van der Waals surface area contributed by atoms with Crippen molar-refractivity contribution in [1.82, 2.24) is 4.98 Å². The highest BCUT2D eigenvalue weighted by Crippen LogP contribution is 2.42. The molecule has 3 N–H and O–H groups in total. The number of carboxylic acids is 1. The molecule has 164 valence electrons. The van der Waals surface area contributed by atoms with Crippen LogP contribution in [0.4, 0.5) is 10.2 Å². The van der Waals surface area contributed by atoms with Gasteiger partial charge in [-0.1, -0.05) is 43.1 Å². The predicted octanol–water partition coefficient (Wildman–Crippen LogP) is 6.32. The van der Waals surface area contributed by atoms with Crippen LogP contribution in [0.15, 0.2) is 35.7 Å². The Hall–Kier alpha value is -2.55. The molecule has 2 aromatic heterocycles. The first-order chi connectivity index (χ1) is 14.7. The van der Waals surface area contributed by atoms with Crippen molar-refractivity contribution in [3.05, 3.63) is 62.1 Å². The highest BCUT2D eigenvalue weighted by Gasteiger charge is 2.25. The number of phenolic OH excluding ortho intramolecular Hbond substituents is 1. The fourth-order valence-corrected chi connectivity index (χ4v) is 4.06. The van der Waals surface area contributed by atoms with Gasteiger partial charge in [0.1, 0.15) is 27.6 Å². The van der Waals surface area contributed by atoms with Crippen LogP contribution >= 0.6 is 34.5 Å². The molecule has 0 saturated heterocycles. The molecule has 0 radical (unpaired) electrons. The fraction of sp³-hybridized carbons (Fsp3) is 0.238. The number of benzene rings is 1. The SMILES string of the molecule is CC(C)c1cc(Oc2c(Cl)c(F)nc(NC(Cc3cccs3)C(=O)O)c2Cl)ccc1O. The number of carboxylic acid groups (broad SMARTS) is 1. The molecule has 0 saturated carbocycles. The van der Waals surface area contributed by atoms with Crippen molar-refractivity contribution in [3.63, 3.8) is 0 Å². The lowest BCUT2D eigenvalue weighted by Gasteiger charge is -2.18. The monoisotopic (exact) mass is 484 g/mol. The zero-order valence-corrected chi connectivity index (χ0v) is 18.9. The maximum Gasteiger partial charge on any atom is 0.326 e. The lowest BCUT2D eigenvalue weighted by molar-refractivity contribution is -0.137. The van der Waals surface area contributed by atoms with Gasteiger partial charge in [-0.3, -0.25) is 0 Å². The third-order valence-corrected chi connectivity index (χ3v) is 6.01. The van der Waals surface area contributed by atoms with Crippen molar-refractivity contribution >= 4 is 46.3 Å². The largest absolute Gasteiger partial charge is 0.508 e. The number of nitrogens with one attached hydrogen (secondary N) is 1. The quantitative estimate of drug-likeness (QED) is 0.324. The number of hydrogen-bond donors (Lipinski definition) is 3. The van der Waals surface area contributed by atoms with Crippen LogP contribution in [0.2, 0.25) is 10.0 Å². The van der Waals surface area contributed by atoms with Gasteiger partial charge in [0, 0.05) is 16.9 Å². The Balaban J connectivity index is 1.94. The Labute approximate surface area is 192 Å². The van der Waals surface area contributed by atoms with Gasteiger partial charge in [0.25, 0.3) is 0 Å². The second-order valence-corrected chi connectivity index (χ2v) is 8.79. The van der Waals surface area contributed by atoms with Gasteiger partial charge in [0.05, 0.1) is 0 Å². The summed E-state index contributed by atoms with van der Waals surface area (Å²) in [7, 11) is 0. The topological polar surface area (TPSA) is 91.7 Å². The Bertz CT molecular complexity index is 1090. The lowest BCUT2D eigenvalue weighted by atomic mass is 10.0. The first-order valence-corrected chi connectivity index (χ1v) is 10.9. The van der Waals surface area contributed by atoms with Crippen LogP contribution < -0.4 is 10.1 Å². The minimum absolute atomic E-state index is 0.00877. The standard InChI is InChI=1S/C21H19Cl2FN2O4S/c1-10(2)13-8-11(5-6-15(13)27)30-18-16(22)19(24)26-20(17(18)23)25-14(21(28)29)9-12-4-3-7-31-12/h3-8,10,14,27H,9H2,1-2H3,(H,25,26)(H,28,29). The number of halogens is 3. The number of hydrogen-bond acceptors (Lipinski definition) is 6. The van der Waals surface area contributed by atoms with E-state index in [1.54, 1.807) is 18.2 Å². The smallest absolute Gasteiger partial charge is 0.326 e. The molecule has 10 heteroatoms. The summed E-state index contributed by atoms with van der Waals surface area (Å²) in [6.07, 6.45) is 0.154. The number of pyridine rings is 1. The molecule has 3 rings (SSSR count). The predicted molar refractivity (Wildman–Crippen MR) is 120 cm³/mol. The molecule has 1 aromatic carbocycles. The zero-order valence-electron chi connectivity index (χ0n) is 16.5. The van der Waals surface area contributed by atoms with E-state index >= 15 is 0 Å². The first-order valence-electron chi connectivity index (χ1n) is 9.24. The van der Waals surface area contributed by atoms with Crippen LogP contribution in [0, 0.1) is 5.95 Å². The molecule has 0 amide bonds. The molecule has 0 aliphatic rings. The number of carbonyl (C=O) groups is 1. The van der Waals surface area contributed by atoms with Gasteiger partial charge < -0.3 is 20.3 Å². The molecule has 0 fully saturated rings. The molecule has 0 spiro atoms. The van der Waals surface area contributed by atoms with Crippen LogP contribution in [0.1, 0.15) is 30.2 Å². The van der Waals surface area contributed by atoms with E-state index in [2.05, 4.69) is 10.3 Å². The molecule has 2 heterocycles. The molecule has 1 atom stereocenters. The zero-order chi connectivity index (χ0) is 22.7. The normalized spacial score (nSPS) is 12.1. The maximum atomic E-state index is 14.4. The second kappa shape index (κ2) is 9.72. The van der Waals surface area contributed by atoms with Crippen LogP contribution in [-0.4, -0.2) is 27.2 Å². The molecule has 1 unspecified atom stereocenters. The highest BCUT2D eigenvalue weighted by molar-refractivity contribution is 7.09. The Morgan fingerprint density at radius 1 is 1.29 bits per heavy atom. The van der Waals surface area contributed by atoms with E-state index in [1.807, 2.05) is 19.2 Å². The van der Waals surface area contributed by atoms with E-state index in [0.29, 0.717) is 5.56 Å². The molecular weight excluding hydrogens is 466 g/mol. The number of aromatic hydroxyl groups is 1. The third kappa shape index (κ3) is 5.39. The minimum atomic E-state index is -1.15. The number of rotatable bonds is 8. The third-order valence-electron chi connectivity index (χ3n) is 4.43. The van der Waals surface area contributed by atoms with Crippen LogP contribution in [0.3, 0.4) is 0 Å². The van der Waals surface area contributed by atoms with Gasteiger partial charge in [-0.25, -0.2) is 4.79 Å². The maximum absolute atomic E-state index is 14.4. The molecule has 31 heavy (non-hydrogen) atoms. The average Bonchev–Trinajstić information content (AvgIpc) is 3.22. The minimum Gasteiger partial charge on any atom is -0.508 e. The van der Waals surface area contributed by atoms with Crippen molar-refractivity contribution in [2.75, 3.05) is 5.32 Å². The fourth-order valence-electron chi connectivity index (χ4n) is 2.85. The number of nitrogens with zero attached hydrogens (tertiary/aromatic N) is 1. The highest BCUT2D eigenvalue weighted by atomic mass is 35.5. The molecular formula is C21H19Cl2FN2O4S. The van der Waals surface area contributed by atoms with E-state index in [9.17, 15) is 19.4 Å². The van der Waals surface area contributed by atoms with Gasteiger partial charge in [-0.05, 0) is 35.6 Å². The van der Waals surface area contributed by atoms with Gasteiger partial charge in [0.15, 0.2) is 11.6 Å². The van der Waals surface area contributed by atoms with Gasteiger partial charge in [-0.15, -0.1) is 11.3 Å². The summed E-state index contributed by atoms with van der Waals surface area (Å²) in [5.41, 5.74) is 0.625. The van der Waals surface area contributed by atoms with Crippen LogP contribution in [0.5, 0.6) is 17.2 Å². The number of aliphatic carboxylic acids is 1. The summed E-state index contributed by atoms with van der Waals surface area (Å²) in [5.74, 6) is -2.24. The summed E-state index contributed by atoms with van der Waals surface area (Å²) in [5, 5.41) is 23.4. The number of aromatic nitrogens is 1. The van der Waals surface area contributed by atoms with Crippen LogP contribution in [0.25, 0.3) is 0 Å². The molecule has 3 aromatic rings. The van der Waals surface area contributed by atoms with E-state index in [1.165, 1.54) is 23.5 Å². The molecule has 6 nitrogen and oxygen atoms in total. The van der Waals surface area contributed by atoms with E-state index in [-0.39, 0.29) is 40.4 Å². The van der Waals surface area contributed by atoms with Gasteiger partial charge >= 0.3 is 5.97 Å². The van der Waals surface area contributed by atoms with Crippen LogP contribution in [-0.2, 0) is 11.2 Å². The van der Waals surface area contributed by atoms with Crippen molar-refractivity contribution < 1.29 is 24.1 Å². The first kappa shape index (κ1) is 23.1.